The van der Waals surface area contributed by atoms with Gasteiger partial charge in [-0.3, -0.25) is 9.59 Å². The molecule has 0 bridgehead atoms. The van der Waals surface area contributed by atoms with E-state index in [0.717, 1.165) is 11.3 Å². The summed E-state index contributed by atoms with van der Waals surface area (Å²) < 4.78 is 15.6. The van der Waals surface area contributed by atoms with E-state index in [9.17, 15) is 9.59 Å². The molecule has 0 aliphatic carbocycles. The van der Waals surface area contributed by atoms with E-state index < -0.39 is 0 Å². The fraction of sp³-hybridized carbons (Fsp3) is 0.263. The number of carbonyl (C=O) groups is 2. The molecule has 0 unspecified atom stereocenters. The first-order valence-electron chi connectivity index (χ1n) is 8.23. The summed E-state index contributed by atoms with van der Waals surface area (Å²) in [5.41, 5.74) is 1.59. The summed E-state index contributed by atoms with van der Waals surface area (Å²) in [5, 5.41) is 5.33. The van der Waals surface area contributed by atoms with E-state index in [-0.39, 0.29) is 25.2 Å². The van der Waals surface area contributed by atoms with Crippen molar-refractivity contribution in [2.45, 2.75) is 12.8 Å². The van der Waals surface area contributed by atoms with E-state index in [0.29, 0.717) is 30.0 Å². The van der Waals surface area contributed by atoms with Gasteiger partial charge in [0, 0.05) is 18.2 Å². The van der Waals surface area contributed by atoms with Crippen molar-refractivity contribution in [2.24, 2.45) is 0 Å². The number of rotatable bonds is 7. The van der Waals surface area contributed by atoms with Crippen molar-refractivity contribution >= 4 is 17.5 Å². The highest BCUT2D eigenvalue weighted by molar-refractivity contribution is 5.94. The van der Waals surface area contributed by atoms with Crippen molar-refractivity contribution < 1.29 is 23.8 Å². The molecule has 0 radical (unpaired) electrons. The molecule has 0 aromatic heterocycles. The molecule has 2 aromatic rings. The van der Waals surface area contributed by atoms with Crippen LogP contribution < -0.4 is 24.8 Å². The Labute approximate surface area is 151 Å². The summed E-state index contributed by atoms with van der Waals surface area (Å²) in [4.78, 5) is 23.9. The maximum absolute atomic E-state index is 12.0. The van der Waals surface area contributed by atoms with Crippen molar-refractivity contribution in [3.8, 4) is 17.2 Å². The van der Waals surface area contributed by atoms with Crippen LogP contribution >= 0.6 is 0 Å². The van der Waals surface area contributed by atoms with Crippen LogP contribution in [0.3, 0.4) is 0 Å². The molecular weight excluding hydrogens is 336 g/mol. The molecule has 1 aliphatic rings. The van der Waals surface area contributed by atoms with Crippen LogP contribution in [-0.4, -0.2) is 32.3 Å². The molecule has 7 nitrogen and oxygen atoms in total. The van der Waals surface area contributed by atoms with Gasteiger partial charge in [0.1, 0.15) is 5.75 Å². The van der Waals surface area contributed by atoms with Gasteiger partial charge in [0.15, 0.2) is 11.5 Å². The van der Waals surface area contributed by atoms with Crippen LogP contribution in [-0.2, 0) is 16.0 Å². The fourth-order valence-corrected chi connectivity index (χ4v) is 2.53. The smallest absolute Gasteiger partial charge is 0.243 e. The van der Waals surface area contributed by atoms with E-state index in [4.69, 9.17) is 14.2 Å². The molecule has 2 aromatic carbocycles. The standard InChI is InChI=1S/C19H20N2O5/c1-24-15-4-2-3-13(9-15)5-8-18(22)20-11-19(23)21-14-6-7-16-17(10-14)26-12-25-16/h2-4,6-7,9-10H,5,8,11-12H2,1H3,(H,20,22)(H,21,23). The van der Waals surface area contributed by atoms with E-state index in [1.54, 1.807) is 25.3 Å². The number of carbonyl (C=O) groups excluding carboxylic acids is 2. The third-order valence-corrected chi connectivity index (χ3v) is 3.88. The van der Waals surface area contributed by atoms with Crippen LogP contribution in [0.1, 0.15) is 12.0 Å². The maximum atomic E-state index is 12.0. The van der Waals surface area contributed by atoms with Crippen LogP contribution in [0.5, 0.6) is 17.2 Å². The van der Waals surface area contributed by atoms with Gasteiger partial charge in [0.05, 0.1) is 13.7 Å². The molecule has 0 spiro atoms. The summed E-state index contributed by atoms with van der Waals surface area (Å²) in [6, 6.07) is 12.7. The van der Waals surface area contributed by atoms with Crippen LogP contribution in [0.15, 0.2) is 42.5 Å². The Morgan fingerprint density at radius 3 is 2.77 bits per heavy atom. The SMILES string of the molecule is COc1cccc(CCC(=O)NCC(=O)Nc2ccc3c(c2)OCO3)c1. The average Bonchev–Trinajstić information content (AvgIpc) is 3.12. The number of amides is 2. The van der Waals surface area contributed by atoms with Crippen LogP contribution in [0.2, 0.25) is 0 Å². The number of hydrogen-bond acceptors (Lipinski definition) is 5. The van der Waals surface area contributed by atoms with Gasteiger partial charge in [0.25, 0.3) is 0 Å². The van der Waals surface area contributed by atoms with Crippen LogP contribution in [0.25, 0.3) is 0 Å². The van der Waals surface area contributed by atoms with E-state index in [1.807, 2.05) is 24.3 Å². The molecule has 1 aliphatic heterocycles. The maximum Gasteiger partial charge on any atom is 0.243 e. The normalized spacial score (nSPS) is 11.7. The molecule has 7 heteroatoms. The summed E-state index contributed by atoms with van der Waals surface area (Å²) >= 11 is 0. The Kier molecular flexibility index (Phi) is 5.58. The summed E-state index contributed by atoms with van der Waals surface area (Å²) in [5.74, 6) is 1.50. The molecule has 0 fully saturated rings. The summed E-state index contributed by atoms with van der Waals surface area (Å²) in [6.45, 7) is 0.0848. The largest absolute Gasteiger partial charge is 0.497 e. The Bertz CT molecular complexity index is 806. The van der Waals surface area contributed by atoms with Crippen LogP contribution in [0, 0.1) is 0 Å². The second-order valence-electron chi connectivity index (χ2n) is 5.74. The first-order chi connectivity index (χ1) is 12.6. The molecule has 26 heavy (non-hydrogen) atoms. The molecule has 0 saturated heterocycles. The highest BCUT2D eigenvalue weighted by Gasteiger charge is 2.14. The van der Waals surface area contributed by atoms with E-state index >= 15 is 0 Å². The lowest BCUT2D eigenvalue weighted by Gasteiger charge is -2.08. The minimum absolute atomic E-state index is 0.0919. The summed E-state index contributed by atoms with van der Waals surface area (Å²) in [6.07, 6.45) is 0.872. The average molecular weight is 356 g/mol. The third kappa shape index (κ3) is 4.66. The number of ether oxygens (including phenoxy) is 3. The second-order valence-corrected chi connectivity index (χ2v) is 5.74. The lowest BCUT2D eigenvalue weighted by Crippen LogP contribution is -2.32. The molecular formula is C19H20N2O5. The number of aryl methyl sites for hydroxylation is 1. The van der Waals surface area contributed by atoms with Gasteiger partial charge in [-0.2, -0.15) is 0 Å². The van der Waals surface area contributed by atoms with E-state index in [1.165, 1.54) is 0 Å². The van der Waals surface area contributed by atoms with Crippen molar-refractivity contribution in [1.82, 2.24) is 5.32 Å². The van der Waals surface area contributed by atoms with Crippen molar-refractivity contribution in [3.63, 3.8) is 0 Å². The highest BCUT2D eigenvalue weighted by Crippen LogP contribution is 2.34. The van der Waals surface area contributed by atoms with Crippen molar-refractivity contribution in [1.29, 1.82) is 0 Å². The minimum Gasteiger partial charge on any atom is -0.497 e. The fourth-order valence-electron chi connectivity index (χ4n) is 2.53. The number of anilines is 1. The molecule has 3 rings (SSSR count). The van der Waals surface area contributed by atoms with Gasteiger partial charge in [-0.25, -0.2) is 0 Å². The van der Waals surface area contributed by atoms with Gasteiger partial charge < -0.3 is 24.8 Å². The zero-order valence-corrected chi connectivity index (χ0v) is 14.4. The number of methoxy groups -OCH3 is 1. The number of hydrogen-bond donors (Lipinski definition) is 2. The Balaban J connectivity index is 1.41. The zero-order valence-electron chi connectivity index (χ0n) is 14.4. The molecule has 1 heterocycles. The zero-order chi connectivity index (χ0) is 18.4. The lowest BCUT2D eigenvalue weighted by molar-refractivity contribution is -0.124. The van der Waals surface area contributed by atoms with Gasteiger partial charge in [-0.1, -0.05) is 12.1 Å². The quantitative estimate of drug-likeness (QED) is 0.794. The molecule has 0 saturated carbocycles. The Morgan fingerprint density at radius 2 is 1.92 bits per heavy atom. The van der Waals surface area contributed by atoms with Gasteiger partial charge >= 0.3 is 0 Å². The predicted molar refractivity (Wildman–Crippen MR) is 95.5 cm³/mol. The lowest BCUT2D eigenvalue weighted by atomic mass is 10.1. The topological polar surface area (TPSA) is 85.9 Å². The van der Waals surface area contributed by atoms with Gasteiger partial charge in [-0.05, 0) is 36.2 Å². The van der Waals surface area contributed by atoms with Crippen LogP contribution in [0.4, 0.5) is 5.69 Å². The molecule has 0 atom stereocenters. The minimum atomic E-state index is -0.307. The van der Waals surface area contributed by atoms with Gasteiger partial charge in [-0.15, -0.1) is 0 Å². The van der Waals surface area contributed by atoms with Crippen molar-refractivity contribution in [2.75, 3.05) is 25.8 Å². The second kappa shape index (κ2) is 8.24. The Hall–Kier alpha value is -3.22. The first-order valence-corrected chi connectivity index (χ1v) is 8.23. The monoisotopic (exact) mass is 356 g/mol. The molecule has 136 valence electrons. The number of fused-ring (bicyclic) bond motifs is 1. The molecule has 2 N–H and O–H groups in total. The summed E-state index contributed by atoms with van der Waals surface area (Å²) in [7, 11) is 1.60. The van der Waals surface area contributed by atoms with Crippen molar-refractivity contribution in [3.05, 3.63) is 48.0 Å². The first kappa shape index (κ1) is 17.6. The number of benzene rings is 2. The van der Waals surface area contributed by atoms with Gasteiger partial charge in [0.2, 0.25) is 18.6 Å². The Morgan fingerprint density at radius 1 is 1.08 bits per heavy atom. The number of nitrogens with one attached hydrogen (secondary N) is 2. The molecule has 2 amide bonds. The third-order valence-electron chi connectivity index (χ3n) is 3.88. The van der Waals surface area contributed by atoms with E-state index in [2.05, 4.69) is 10.6 Å². The predicted octanol–water partition coefficient (Wildman–Crippen LogP) is 2.11. The highest BCUT2D eigenvalue weighted by atomic mass is 16.7.